The van der Waals surface area contributed by atoms with E-state index >= 15 is 0 Å². The van der Waals surface area contributed by atoms with Crippen molar-refractivity contribution in [3.8, 4) is 22.4 Å². The van der Waals surface area contributed by atoms with Gasteiger partial charge >= 0.3 is 6.18 Å². The first-order chi connectivity index (χ1) is 17.1. The molecule has 182 valence electrons. The molecule has 10 heteroatoms. The predicted molar refractivity (Wildman–Crippen MR) is 129 cm³/mol. The van der Waals surface area contributed by atoms with Crippen molar-refractivity contribution in [1.29, 1.82) is 0 Å². The molecule has 0 saturated heterocycles. The van der Waals surface area contributed by atoms with Crippen LogP contribution in [0.3, 0.4) is 0 Å². The predicted octanol–water partition coefficient (Wildman–Crippen LogP) is 5.74. The molecule has 0 saturated carbocycles. The van der Waals surface area contributed by atoms with Crippen molar-refractivity contribution in [3.05, 3.63) is 90.0 Å². The van der Waals surface area contributed by atoms with Crippen LogP contribution in [0.4, 0.5) is 24.7 Å². The number of halogens is 3. The van der Waals surface area contributed by atoms with Gasteiger partial charge in [-0.15, -0.1) is 0 Å². The highest BCUT2D eigenvalue weighted by Gasteiger charge is 2.30. The quantitative estimate of drug-likeness (QED) is 0.371. The molecular formula is C26H20F3N5O2. The van der Waals surface area contributed by atoms with Gasteiger partial charge in [-0.05, 0) is 61.0 Å². The third kappa shape index (κ3) is 5.72. The second-order valence-corrected chi connectivity index (χ2v) is 7.93. The van der Waals surface area contributed by atoms with E-state index in [-0.39, 0.29) is 11.5 Å². The molecule has 0 radical (unpaired) electrons. The minimum absolute atomic E-state index is 0.120. The van der Waals surface area contributed by atoms with Crippen molar-refractivity contribution < 1.29 is 22.8 Å². The maximum Gasteiger partial charge on any atom is 0.416 e. The van der Waals surface area contributed by atoms with Gasteiger partial charge in [0.25, 0.3) is 5.91 Å². The summed E-state index contributed by atoms with van der Waals surface area (Å²) in [6, 6.07) is 13.0. The molecule has 4 rings (SSSR count). The number of amides is 2. The molecule has 0 unspecified atom stereocenters. The minimum Gasteiger partial charge on any atom is -0.321 e. The molecule has 4 aromatic rings. The number of carbonyl (C=O) groups excluding carboxylic acids is 2. The van der Waals surface area contributed by atoms with Crippen molar-refractivity contribution in [1.82, 2.24) is 15.0 Å². The van der Waals surface area contributed by atoms with E-state index in [0.717, 1.165) is 23.3 Å². The second-order valence-electron chi connectivity index (χ2n) is 7.93. The Morgan fingerprint density at radius 2 is 1.61 bits per heavy atom. The standard InChI is InChI=1S/C26H20F3N5O2/c1-15-22(17-6-8-30-23(11-17)18-7-9-31-24(12-18)33-16(2)35)13-21(14-32-15)34-25(36)19-4-3-5-20(10-19)26(27,28)29/h3-14H,1-2H3,(H,34,36)(H,31,33,35). The van der Waals surface area contributed by atoms with Crippen LogP contribution in [0.2, 0.25) is 0 Å². The Balaban J connectivity index is 1.62. The molecule has 36 heavy (non-hydrogen) atoms. The van der Waals surface area contributed by atoms with Crippen LogP contribution >= 0.6 is 0 Å². The van der Waals surface area contributed by atoms with Gasteiger partial charge in [-0.2, -0.15) is 13.2 Å². The van der Waals surface area contributed by atoms with E-state index in [2.05, 4.69) is 25.6 Å². The third-order valence-electron chi connectivity index (χ3n) is 5.23. The summed E-state index contributed by atoms with van der Waals surface area (Å²) < 4.78 is 39.0. The van der Waals surface area contributed by atoms with E-state index < -0.39 is 17.6 Å². The zero-order valence-electron chi connectivity index (χ0n) is 19.2. The van der Waals surface area contributed by atoms with Crippen LogP contribution < -0.4 is 10.6 Å². The maximum atomic E-state index is 13.0. The molecule has 0 fully saturated rings. The maximum absolute atomic E-state index is 13.0. The van der Waals surface area contributed by atoms with E-state index in [9.17, 15) is 22.8 Å². The first kappa shape index (κ1) is 24.5. The molecule has 0 aliphatic heterocycles. The fourth-order valence-electron chi connectivity index (χ4n) is 3.53. The van der Waals surface area contributed by atoms with Crippen molar-refractivity contribution in [3.63, 3.8) is 0 Å². The van der Waals surface area contributed by atoms with Crippen LogP contribution in [0.15, 0.2) is 73.2 Å². The van der Waals surface area contributed by atoms with Gasteiger partial charge < -0.3 is 10.6 Å². The highest BCUT2D eigenvalue weighted by atomic mass is 19.4. The fourth-order valence-corrected chi connectivity index (χ4v) is 3.53. The first-order valence-electron chi connectivity index (χ1n) is 10.8. The summed E-state index contributed by atoms with van der Waals surface area (Å²) in [5, 5.41) is 5.24. The summed E-state index contributed by atoms with van der Waals surface area (Å²) in [7, 11) is 0. The van der Waals surface area contributed by atoms with E-state index in [1.54, 1.807) is 43.6 Å². The minimum atomic E-state index is -4.55. The third-order valence-corrected chi connectivity index (χ3v) is 5.23. The lowest BCUT2D eigenvalue weighted by atomic mass is 10.0. The topological polar surface area (TPSA) is 96.9 Å². The summed E-state index contributed by atoms with van der Waals surface area (Å²) in [5.41, 5.74) is 2.81. The Hall–Kier alpha value is -4.60. The van der Waals surface area contributed by atoms with E-state index in [1.165, 1.54) is 25.3 Å². The number of alkyl halides is 3. The SMILES string of the molecule is CC(=O)Nc1cc(-c2cc(-c3cc(NC(=O)c4cccc(C(F)(F)F)c4)cnc3C)ccn2)ccn1. The number of nitrogens with one attached hydrogen (secondary N) is 2. The summed E-state index contributed by atoms with van der Waals surface area (Å²) in [6.45, 7) is 3.19. The van der Waals surface area contributed by atoms with Crippen LogP contribution in [-0.2, 0) is 11.0 Å². The molecule has 0 aliphatic carbocycles. The monoisotopic (exact) mass is 491 g/mol. The normalized spacial score (nSPS) is 11.1. The van der Waals surface area contributed by atoms with Gasteiger partial charge in [0.15, 0.2) is 0 Å². The lowest BCUT2D eigenvalue weighted by Crippen LogP contribution is -2.14. The number of hydrogen-bond donors (Lipinski definition) is 2. The van der Waals surface area contributed by atoms with Crippen molar-refractivity contribution >= 4 is 23.3 Å². The Labute approximate surface area is 204 Å². The number of benzene rings is 1. The number of aryl methyl sites for hydroxylation is 1. The number of anilines is 2. The van der Waals surface area contributed by atoms with Gasteiger partial charge in [-0.3, -0.25) is 19.6 Å². The number of hydrogen-bond acceptors (Lipinski definition) is 5. The van der Waals surface area contributed by atoms with Gasteiger partial charge in [0.05, 0.1) is 23.1 Å². The van der Waals surface area contributed by atoms with Crippen LogP contribution in [-0.4, -0.2) is 26.8 Å². The molecule has 7 nitrogen and oxygen atoms in total. The molecular weight excluding hydrogens is 471 g/mol. The number of aromatic nitrogens is 3. The van der Waals surface area contributed by atoms with Gasteiger partial charge in [-0.25, -0.2) is 4.98 Å². The van der Waals surface area contributed by atoms with Gasteiger partial charge in [0.2, 0.25) is 5.91 Å². The van der Waals surface area contributed by atoms with Crippen LogP contribution in [0.5, 0.6) is 0 Å². The summed E-state index contributed by atoms with van der Waals surface area (Å²) in [4.78, 5) is 36.8. The van der Waals surface area contributed by atoms with Crippen LogP contribution in [0, 0.1) is 6.92 Å². The van der Waals surface area contributed by atoms with Crippen molar-refractivity contribution in [2.24, 2.45) is 0 Å². The number of nitrogens with zero attached hydrogens (tertiary/aromatic N) is 3. The Morgan fingerprint density at radius 3 is 2.36 bits per heavy atom. The van der Waals surface area contributed by atoms with Crippen LogP contribution in [0.25, 0.3) is 22.4 Å². The lowest BCUT2D eigenvalue weighted by Gasteiger charge is -2.12. The second kappa shape index (κ2) is 9.95. The fraction of sp³-hybridized carbons (Fsp3) is 0.115. The molecule has 0 atom stereocenters. The average Bonchev–Trinajstić information content (AvgIpc) is 2.84. The molecule has 0 spiro atoms. The van der Waals surface area contributed by atoms with E-state index in [1.807, 2.05) is 6.07 Å². The largest absolute Gasteiger partial charge is 0.416 e. The summed E-state index contributed by atoms with van der Waals surface area (Å²) in [6.07, 6.45) is 0.0723. The molecule has 3 aromatic heterocycles. The van der Waals surface area contributed by atoms with Gasteiger partial charge in [0, 0.05) is 41.7 Å². The molecule has 2 amide bonds. The van der Waals surface area contributed by atoms with Crippen LogP contribution in [0.1, 0.15) is 28.5 Å². The Bertz CT molecular complexity index is 1450. The molecule has 3 heterocycles. The summed E-state index contributed by atoms with van der Waals surface area (Å²) >= 11 is 0. The van der Waals surface area contributed by atoms with Gasteiger partial charge in [-0.1, -0.05) is 6.07 Å². The van der Waals surface area contributed by atoms with Gasteiger partial charge in [0.1, 0.15) is 5.82 Å². The Kier molecular flexibility index (Phi) is 6.77. The highest BCUT2D eigenvalue weighted by molar-refractivity contribution is 6.04. The van der Waals surface area contributed by atoms with E-state index in [0.29, 0.717) is 28.5 Å². The smallest absolute Gasteiger partial charge is 0.321 e. The Morgan fingerprint density at radius 1 is 0.861 bits per heavy atom. The summed E-state index contributed by atoms with van der Waals surface area (Å²) in [5.74, 6) is -0.535. The highest BCUT2D eigenvalue weighted by Crippen LogP contribution is 2.31. The molecule has 0 aliphatic rings. The number of pyridine rings is 3. The molecule has 2 N–H and O–H groups in total. The van der Waals surface area contributed by atoms with Crippen molar-refractivity contribution in [2.45, 2.75) is 20.0 Å². The van der Waals surface area contributed by atoms with Crippen molar-refractivity contribution in [2.75, 3.05) is 10.6 Å². The average molecular weight is 491 g/mol. The molecule has 0 bridgehead atoms. The number of rotatable bonds is 5. The molecule has 1 aromatic carbocycles. The number of carbonyl (C=O) groups is 2. The first-order valence-corrected chi connectivity index (χ1v) is 10.8. The zero-order valence-corrected chi connectivity index (χ0v) is 19.2. The van der Waals surface area contributed by atoms with E-state index in [4.69, 9.17) is 0 Å². The zero-order chi connectivity index (χ0) is 25.9. The lowest BCUT2D eigenvalue weighted by molar-refractivity contribution is -0.137.